The SMILES string of the molecule is C[C@@H]1O[C@@H](OCCC(CCO[C@@H]2O[C@@H](C)[C@@H](O)[C@@H](O)[C@@H]2O)(CC(N)=O)CC(N)=O)[C@@H](O)[C@H](O)[C@@H]1O. The van der Waals surface area contributed by atoms with Crippen LogP contribution in [0, 0.1) is 5.41 Å². The molecule has 0 aromatic rings. The number of ether oxygens (including phenoxy) is 4. The molecule has 0 aromatic carbocycles. The molecule has 10 N–H and O–H groups in total. The summed E-state index contributed by atoms with van der Waals surface area (Å²) in [6.07, 6.45) is -13.2. The third-order valence-corrected chi connectivity index (χ3v) is 6.54. The number of aliphatic hydroxyl groups excluding tert-OH is 6. The molecular formula is C21H38N2O12. The first-order valence-electron chi connectivity index (χ1n) is 11.5. The molecule has 2 saturated heterocycles. The molecule has 10 atom stereocenters. The summed E-state index contributed by atoms with van der Waals surface area (Å²) in [6, 6.07) is 0. The molecule has 0 saturated carbocycles. The number of amides is 2. The van der Waals surface area contributed by atoms with Gasteiger partial charge in [0.05, 0.1) is 25.4 Å². The largest absolute Gasteiger partial charge is 0.388 e. The van der Waals surface area contributed by atoms with Crippen molar-refractivity contribution in [2.24, 2.45) is 16.9 Å². The maximum absolute atomic E-state index is 11.8. The zero-order valence-electron chi connectivity index (χ0n) is 19.8. The van der Waals surface area contributed by atoms with Crippen LogP contribution >= 0.6 is 0 Å². The van der Waals surface area contributed by atoms with Crippen LogP contribution in [0.15, 0.2) is 0 Å². The summed E-state index contributed by atoms with van der Waals surface area (Å²) >= 11 is 0. The number of primary amides is 2. The van der Waals surface area contributed by atoms with Crippen LogP contribution in [0.4, 0.5) is 0 Å². The zero-order valence-corrected chi connectivity index (χ0v) is 19.8. The van der Waals surface area contributed by atoms with Gasteiger partial charge < -0.3 is 61.1 Å². The number of rotatable bonds is 12. The smallest absolute Gasteiger partial charge is 0.217 e. The third kappa shape index (κ3) is 7.76. The summed E-state index contributed by atoms with van der Waals surface area (Å²) < 4.78 is 21.8. The summed E-state index contributed by atoms with van der Waals surface area (Å²) in [5, 5.41) is 59.7. The molecular weight excluding hydrogens is 472 g/mol. The van der Waals surface area contributed by atoms with Crippen molar-refractivity contribution in [1.82, 2.24) is 0 Å². The molecule has 2 rings (SSSR count). The number of hydrogen-bond donors (Lipinski definition) is 8. The van der Waals surface area contributed by atoms with E-state index in [1.165, 1.54) is 13.8 Å². The number of nitrogens with two attached hydrogens (primary N) is 2. The van der Waals surface area contributed by atoms with Crippen molar-refractivity contribution in [1.29, 1.82) is 0 Å². The average molecular weight is 511 g/mol. The molecule has 0 bridgehead atoms. The molecule has 0 aliphatic carbocycles. The predicted molar refractivity (Wildman–Crippen MR) is 116 cm³/mol. The van der Waals surface area contributed by atoms with E-state index in [1.54, 1.807) is 0 Å². The fraction of sp³-hybridized carbons (Fsp3) is 0.905. The molecule has 2 aliphatic heterocycles. The predicted octanol–water partition coefficient (Wildman–Crippen LogP) is -3.81. The van der Waals surface area contributed by atoms with E-state index >= 15 is 0 Å². The van der Waals surface area contributed by atoms with Crippen molar-refractivity contribution in [2.45, 2.75) is 101 Å². The molecule has 0 aromatic heterocycles. The van der Waals surface area contributed by atoms with Crippen LogP contribution in [0.1, 0.15) is 39.5 Å². The fourth-order valence-corrected chi connectivity index (χ4v) is 4.37. The first-order chi connectivity index (χ1) is 16.3. The highest BCUT2D eigenvalue weighted by molar-refractivity contribution is 5.78. The van der Waals surface area contributed by atoms with Gasteiger partial charge in [-0.15, -0.1) is 0 Å². The van der Waals surface area contributed by atoms with Crippen molar-refractivity contribution >= 4 is 11.8 Å². The van der Waals surface area contributed by atoms with Gasteiger partial charge in [-0.05, 0) is 32.1 Å². The Kier molecular flexibility index (Phi) is 10.8. The van der Waals surface area contributed by atoms with Crippen molar-refractivity contribution in [2.75, 3.05) is 13.2 Å². The van der Waals surface area contributed by atoms with E-state index < -0.39 is 78.6 Å². The molecule has 0 unspecified atom stereocenters. The zero-order chi connectivity index (χ0) is 26.5. The Morgan fingerprint density at radius 2 is 1.03 bits per heavy atom. The van der Waals surface area contributed by atoms with E-state index in [-0.39, 0.29) is 38.9 Å². The molecule has 14 heteroatoms. The minimum atomic E-state index is -1.53. The lowest BCUT2D eigenvalue weighted by molar-refractivity contribution is -0.296. The Bertz CT molecular complexity index is 654. The van der Waals surface area contributed by atoms with Gasteiger partial charge in [0, 0.05) is 12.8 Å². The first-order valence-corrected chi connectivity index (χ1v) is 11.5. The normalized spacial score (nSPS) is 38.3. The molecule has 204 valence electrons. The molecule has 14 nitrogen and oxygen atoms in total. The van der Waals surface area contributed by atoms with Crippen LogP contribution in [-0.2, 0) is 28.5 Å². The van der Waals surface area contributed by atoms with E-state index in [1.807, 2.05) is 0 Å². The summed E-state index contributed by atoms with van der Waals surface area (Å²) in [4.78, 5) is 23.6. The van der Waals surface area contributed by atoms with Crippen molar-refractivity contribution in [3.05, 3.63) is 0 Å². The van der Waals surface area contributed by atoms with Gasteiger partial charge in [-0.3, -0.25) is 9.59 Å². The Morgan fingerprint density at radius 3 is 1.34 bits per heavy atom. The monoisotopic (exact) mass is 510 g/mol. The van der Waals surface area contributed by atoms with Crippen molar-refractivity contribution in [3.8, 4) is 0 Å². The van der Waals surface area contributed by atoms with Crippen molar-refractivity contribution < 1.29 is 59.2 Å². The van der Waals surface area contributed by atoms with Crippen LogP contribution in [0.25, 0.3) is 0 Å². The summed E-state index contributed by atoms with van der Waals surface area (Å²) in [5.41, 5.74) is 9.69. The third-order valence-electron chi connectivity index (χ3n) is 6.54. The van der Waals surface area contributed by atoms with Gasteiger partial charge in [0.2, 0.25) is 11.8 Å². The number of carbonyl (C=O) groups is 2. The lowest BCUT2D eigenvalue weighted by Gasteiger charge is -2.40. The molecule has 0 radical (unpaired) electrons. The van der Waals surface area contributed by atoms with Gasteiger partial charge in [-0.1, -0.05) is 0 Å². The van der Waals surface area contributed by atoms with Gasteiger partial charge in [0.25, 0.3) is 0 Å². The van der Waals surface area contributed by atoms with Crippen LogP contribution in [-0.4, -0.2) is 117 Å². The van der Waals surface area contributed by atoms with Crippen LogP contribution in [0.5, 0.6) is 0 Å². The quantitative estimate of drug-likeness (QED) is 0.126. The van der Waals surface area contributed by atoms with Crippen molar-refractivity contribution in [3.63, 3.8) is 0 Å². The second-order valence-corrected chi connectivity index (χ2v) is 9.39. The Balaban J connectivity index is 2.04. The van der Waals surface area contributed by atoms with Gasteiger partial charge in [-0.2, -0.15) is 0 Å². The lowest BCUT2D eigenvalue weighted by atomic mass is 9.75. The highest BCUT2D eigenvalue weighted by atomic mass is 16.7. The van der Waals surface area contributed by atoms with Crippen LogP contribution < -0.4 is 11.5 Å². The first kappa shape index (κ1) is 29.8. The van der Waals surface area contributed by atoms with E-state index in [0.29, 0.717) is 0 Å². The van der Waals surface area contributed by atoms with Crippen LogP contribution in [0.2, 0.25) is 0 Å². The highest BCUT2D eigenvalue weighted by Gasteiger charge is 2.44. The minimum Gasteiger partial charge on any atom is -0.388 e. The molecule has 0 spiro atoms. The summed E-state index contributed by atoms with van der Waals surface area (Å²) in [7, 11) is 0. The number of hydrogen-bond acceptors (Lipinski definition) is 12. The fourth-order valence-electron chi connectivity index (χ4n) is 4.37. The maximum atomic E-state index is 11.8. The molecule has 2 heterocycles. The van der Waals surface area contributed by atoms with Gasteiger partial charge in [-0.25, -0.2) is 0 Å². The second kappa shape index (κ2) is 12.7. The van der Waals surface area contributed by atoms with Gasteiger partial charge in [0.1, 0.15) is 36.6 Å². The molecule has 35 heavy (non-hydrogen) atoms. The van der Waals surface area contributed by atoms with E-state index in [0.717, 1.165) is 0 Å². The summed E-state index contributed by atoms with van der Waals surface area (Å²) in [5.74, 6) is -1.43. The number of carbonyl (C=O) groups excluding carboxylic acids is 2. The number of aliphatic hydroxyl groups is 6. The Morgan fingerprint density at radius 1 is 0.686 bits per heavy atom. The lowest BCUT2D eigenvalue weighted by Crippen LogP contribution is -2.57. The Hall–Kier alpha value is -1.46. The minimum absolute atomic E-state index is 0.0493. The average Bonchev–Trinajstić information content (AvgIpc) is 2.76. The van der Waals surface area contributed by atoms with Gasteiger partial charge >= 0.3 is 0 Å². The molecule has 2 amide bonds. The molecule has 2 fully saturated rings. The van der Waals surface area contributed by atoms with E-state index in [9.17, 15) is 40.2 Å². The van der Waals surface area contributed by atoms with E-state index in [4.69, 9.17) is 30.4 Å². The van der Waals surface area contributed by atoms with E-state index in [2.05, 4.69) is 0 Å². The molecule has 2 aliphatic rings. The van der Waals surface area contributed by atoms with Crippen LogP contribution in [0.3, 0.4) is 0 Å². The Labute approximate surface area is 202 Å². The second-order valence-electron chi connectivity index (χ2n) is 9.39. The van der Waals surface area contributed by atoms with Gasteiger partial charge in [0.15, 0.2) is 12.6 Å². The maximum Gasteiger partial charge on any atom is 0.217 e. The summed E-state index contributed by atoms with van der Waals surface area (Å²) in [6.45, 7) is 2.72. The highest BCUT2D eigenvalue weighted by Crippen LogP contribution is 2.36. The standard InChI is InChI=1S/C21H38N2O12/c1-9-13(26)15(28)17(30)19(34-9)32-5-3-21(7-11(22)24,8-12(23)25)4-6-33-20-18(31)16(29)14(27)10(2)35-20/h9-10,13-20,26-31H,3-8H2,1-2H3,(H2,22,24)(H2,23,25)/t9-,10-,13+,14+,15+,16+,17-,18-,19+,20+/m0/s1. The topological polar surface area (TPSA) is 244 Å².